The molecule has 0 aliphatic carbocycles. The Balaban J connectivity index is 2.06. The van der Waals surface area contributed by atoms with Crippen LogP contribution >= 0.6 is 11.8 Å². The van der Waals surface area contributed by atoms with Gasteiger partial charge < -0.3 is 4.42 Å². The molecule has 0 saturated carbocycles. The van der Waals surface area contributed by atoms with E-state index in [2.05, 4.69) is 10.2 Å². The summed E-state index contributed by atoms with van der Waals surface area (Å²) in [5, 5.41) is 17.9. The molecule has 1 heterocycles. The maximum absolute atomic E-state index is 12.0. The molecule has 0 radical (unpaired) electrons. The van der Waals surface area contributed by atoms with Gasteiger partial charge in [-0.25, -0.2) is 0 Å². The number of non-ortho nitro benzene ring substituents is 1. The highest BCUT2D eigenvalue weighted by molar-refractivity contribution is 7.99. The summed E-state index contributed by atoms with van der Waals surface area (Å²) in [7, 11) is 0. The smallest absolute Gasteiger partial charge is 0.389 e. The summed E-state index contributed by atoms with van der Waals surface area (Å²) >= 11 is 0.779. The first-order valence-electron chi connectivity index (χ1n) is 5.63. The monoisotopic (exact) mass is 319 g/mol. The molecule has 0 spiro atoms. The van der Waals surface area contributed by atoms with E-state index in [4.69, 9.17) is 4.42 Å². The van der Waals surface area contributed by atoms with E-state index in [9.17, 15) is 23.3 Å². The van der Waals surface area contributed by atoms with E-state index >= 15 is 0 Å². The maximum atomic E-state index is 12.0. The molecule has 112 valence electrons. The lowest BCUT2D eigenvalue weighted by atomic mass is 10.2. The van der Waals surface area contributed by atoms with Crippen molar-refractivity contribution in [3.63, 3.8) is 0 Å². The fourth-order valence-electron chi connectivity index (χ4n) is 1.39. The topological polar surface area (TPSA) is 82.1 Å². The van der Waals surface area contributed by atoms with Crippen molar-refractivity contribution < 1.29 is 22.5 Å². The van der Waals surface area contributed by atoms with Crippen molar-refractivity contribution in [2.45, 2.75) is 17.8 Å². The second-order valence-corrected chi connectivity index (χ2v) is 4.94. The third-order valence-corrected chi connectivity index (χ3v) is 3.14. The third kappa shape index (κ3) is 4.45. The Kier molecular flexibility index (Phi) is 4.46. The van der Waals surface area contributed by atoms with Crippen LogP contribution in [0.15, 0.2) is 33.9 Å². The van der Waals surface area contributed by atoms with Gasteiger partial charge >= 0.3 is 6.18 Å². The van der Waals surface area contributed by atoms with Crippen molar-refractivity contribution in [2.24, 2.45) is 0 Å². The summed E-state index contributed by atoms with van der Waals surface area (Å²) in [6.07, 6.45) is -5.21. The van der Waals surface area contributed by atoms with Gasteiger partial charge in [0.2, 0.25) is 5.89 Å². The zero-order valence-electron chi connectivity index (χ0n) is 10.3. The molecule has 1 aromatic heterocycles. The zero-order chi connectivity index (χ0) is 15.5. The Morgan fingerprint density at radius 2 is 2.10 bits per heavy atom. The lowest BCUT2D eigenvalue weighted by molar-refractivity contribution is -0.384. The highest BCUT2D eigenvalue weighted by Gasteiger charge is 2.26. The highest BCUT2D eigenvalue weighted by atomic mass is 32.2. The number of hydrogen-bond acceptors (Lipinski definition) is 6. The first-order valence-corrected chi connectivity index (χ1v) is 6.61. The second kappa shape index (κ2) is 6.12. The first kappa shape index (κ1) is 15.3. The van der Waals surface area contributed by atoms with E-state index < -0.39 is 17.5 Å². The van der Waals surface area contributed by atoms with Crippen LogP contribution in [0, 0.1) is 10.1 Å². The van der Waals surface area contributed by atoms with Crippen molar-refractivity contribution in [3.8, 4) is 11.5 Å². The number of hydrogen-bond donors (Lipinski definition) is 0. The summed E-state index contributed by atoms with van der Waals surface area (Å²) in [6, 6.07) is 5.54. The van der Waals surface area contributed by atoms with Gasteiger partial charge in [-0.2, -0.15) is 13.2 Å². The Hall–Kier alpha value is -2.10. The first-order chi connectivity index (χ1) is 9.85. The number of aromatic nitrogens is 2. The van der Waals surface area contributed by atoms with Crippen LogP contribution in [0.1, 0.15) is 6.42 Å². The quantitative estimate of drug-likeness (QED) is 0.475. The molecule has 1 aromatic carbocycles. The highest BCUT2D eigenvalue weighted by Crippen LogP contribution is 2.28. The Bertz CT molecular complexity index is 645. The summed E-state index contributed by atoms with van der Waals surface area (Å²) in [6.45, 7) is 0. The Morgan fingerprint density at radius 3 is 2.76 bits per heavy atom. The van der Waals surface area contributed by atoms with Crippen LogP contribution in [-0.2, 0) is 0 Å². The van der Waals surface area contributed by atoms with E-state index in [1.807, 2.05) is 0 Å². The number of benzene rings is 1. The van der Waals surface area contributed by atoms with Crippen LogP contribution in [0.25, 0.3) is 11.5 Å². The van der Waals surface area contributed by atoms with E-state index in [1.165, 1.54) is 24.3 Å². The van der Waals surface area contributed by atoms with Crippen LogP contribution in [0.5, 0.6) is 0 Å². The minimum atomic E-state index is -4.24. The average molecular weight is 319 g/mol. The van der Waals surface area contributed by atoms with E-state index in [0.29, 0.717) is 5.56 Å². The number of nitro groups is 1. The molecular formula is C11H8F3N3O3S. The van der Waals surface area contributed by atoms with Crippen LogP contribution in [0.3, 0.4) is 0 Å². The maximum Gasteiger partial charge on any atom is 0.389 e. The molecule has 0 fully saturated rings. The van der Waals surface area contributed by atoms with Crippen LogP contribution in [0.4, 0.5) is 18.9 Å². The lowest BCUT2D eigenvalue weighted by Gasteiger charge is -2.02. The van der Waals surface area contributed by atoms with Gasteiger partial charge in [-0.15, -0.1) is 10.2 Å². The molecule has 2 rings (SSSR count). The van der Waals surface area contributed by atoms with Gasteiger partial charge in [0, 0.05) is 23.4 Å². The zero-order valence-corrected chi connectivity index (χ0v) is 11.1. The van der Waals surface area contributed by atoms with Gasteiger partial charge in [-0.05, 0) is 6.07 Å². The molecule has 21 heavy (non-hydrogen) atoms. The Morgan fingerprint density at radius 1 is 1.33 bits per heavy atom. The third-order valence-electron chi connectivity index (χ3n) is 2.32. The number of alkyl halides is 3. The number of nitrogens with zero attached hydrogens (tertiary/aromatic N) is 3. The van der Waals surface area contributed by atoms with Crippen molar-refractivity contribution in [2.75, 3.05) is 5.75 Å². The van der Waals surface area contributed by atoms with Gasteiger partial charge in [0.05, 0.1) is 11.3 Å². The largest absolute Gasteiger partial charge is 0.411 e. The minimum Gasteiger partial charge on any atom is -0.411 e. The van der Waals surface area contributed by atoms with Gasteiger partial charge in [0.1, 0.15) is 0 Å². The molecule has 0 amide bonds. The molecule has 0 aliphatic rings. The van der Waals surface area contributed by atoms with Gasteiger partial charge in [0.15, 0.2) is 0 Å². The molecule has 0 bridgehead atoms. The molecule has 6 nitrogen and oxygen atoms in total. The van der Waals surface area contributed by atoms with E-state index in [0.717, 1.165) is 11.8 Å². The van der Waals surface area contributed by atoms with Gasteiger partial charge in [-0.1, -0.05) is 17.8 Å². The van der Waals surface area contributed by atoms with Gasteiger partial charge in [0.25, 0.3) is 10.9 Å². The van der Waals surface area contributed by atoms with Crippen molar-refractivity contribution in [1.29, 1.82) is 0 Å². The van der Waals surface area contributed by atoms with E-state index in [-0.39, 0.29) is 22.6 Å². The molecule has 0 aliphatic heterocycles. The van der Waals surface area contributed by atoms with Crippen LogP contribution in [0.2, 0.25) is 0 Å². The fourth-order valence-corrected chi connectivity index (χ4v) is 2.14. The van der Waals surface area contributed by atoms with Crippen LogP contribution in [-0.4, -0.2) is 27.0 Å². The predicted molar refractivity (Wildman–Crippen MR) is 67.8 cm³/mol. The summed E-state index contributed by atoms with van der Waals surface area (Å²) in [5.74, 6) is -0.215. The molecule has 2 aromatic rings. The molecule has 0 atom stereocenters. The number of rotatable bonds is 5. The molecular weight excluding hydrogens is 311 g/mol. The summed E-state index contributed by atoms with van der Waals surface area (Å²) in [4.78, 5) is 10.1. The van der Waals surface area contributed by atoms with Crippen LogP contribution < -0.4 is 0 Å². The number of nitro benzene ring substituents is 1. The predicted octanol–water partition coefficient (Wildman–Crippen LogP) is 3.69. The average Bonchev–Trinajstić information content (AvgIpc) is 2.86. The lowest BCUT2D eigenvalue weighted by Crippen LogP contribution is -2.07. The minimum absolute atomic E-state index is 0.0132. The van der Waals surface area contributed by atoms with Crippen molar-refractivity contribution in [1.82, 2.24) is 10.2 Å². The molecule has 0 unspecified atom stereocenters. The Labute approximate surface area is 120 Å². The SMILES string of the molecule is O=[N+]([O-])c1cccc(-c2nnc(SCCC(F)(F)F)o2)c1. The summed E-state index contributed by atoms with van der Waals surface area (Å²) in [5.41, 5.74) is 0.191. The second-order valence-electron chi connectivity index (χ2n) is 3.89. The standard InChI is InChI=1S/C11H8F3N3O3S/c12-11(13,14)4-5-21-10-16-15-9(20-10)7-2-1-3-8(6-7)17(18)19/h1-3,6H,4-5H2. The summed E-state index contributed by atoms with van der Waals surface area (Å²) < 4.78 is 41.2. The van der Waals surface area contributed by atoms with Crippen molar-refractivity contribution >= 4 is 17.4 Å². The molecule has 0 N–H and O–H groups in total. The molecule has 0 saturated heterocycles. The molecule has 10 heteroatoms. The number of halogens is 3. The fraction of sp³-hybridized carbons (Fsp3) is 0.273. The van der Waals surface area contributed by atoms with Crippen molar-refractivity contribution in [3.05, 3.63) is 34.4 Å². The van der Waals surface area contributed by atoms with Gasteiger partial charge in [-0.3, -0.25) is 10.1 Å². The van der Waals surface area contributed by atoms with E-state index in [1.54, 1.807) is 0 Å². The normalized spacial score (nSPS) is 11.6. The number of thioether (sulfide) groups is 1.